The quantitative estimate of drug-likeness (QED) is 0.867. The van der Waals surface area contributed by atoms with E-state index >= 15 is 0 Å². The molecule has 1 saturated heterocycles. The zero-order chi connectivity index (χ0) is 18.0. The van der Waals surface area contributed by atoms with Crippen molar-refractivity contribution in [1.82, 2.24) is 5.32 Å². The summed E-state index contributed by atoms with van der Waals surface area (Å²) in [6, 6.07) is 12.0. The van der Waals surface area contributed by atoms with E-state index in [1.165, 1.54) is 5.56 Å². The lowest BCUT2D eigenvalue weighted by Crippen LogP contribution is -2.34. The van der Waals surface area contributed by atoms with Gasteiger partial charge in [0, 0.05) is 4.88 Å². The number of amides is 1. The highest BCUT2D eigenvalue weighted by molar-refractivity contribution is 7.91. The van der Waals surface area contributed by atoms with Gasteiger partial charge in [-0.3, -0.25) is 4.79 Å². The Labute approximate surface area is 153 Å². The maximum atomic E-state index is 12.6. The molecule has 0 aliphatic carbocycles. The molecule has 0 radical (unpaired) electrons. The maximum Gasteiger partial charge on any atom is 0.224 e. The van der Waals surface area contributed by atoms with Gasteiger partial charge in [0.25, 0.3) is 0 Å². The number of thiophene rings is 1. The molecule has 134 valence electrons. The van der Waals surface area contributed by atoms with Crippen molar-refractivity contribution >= 4 is 27.1 Å². The molecule has 1 fully saturated rings. The highest BCUT2D eigenvalue weighted by Crippen LogP contribution is 2.29. The number of hydrogen-bond donors (Lipinski definition) is 1. The zero-order valence-corrected chi connectivity index (χ0v) is 16.1. The first-order valence-corrected chi connectivity index (χ1v) is 11.2. The van der Waals surface area contributed by atoms with E-state index in [1.807, 2.05) is 29.6 Å². The third-order valence-corrected chi connectivity index (χ3v) is 7.36. The molecular weight excluding hydrogens is 354 g/mol. The molecule has 1 amide bonds. The third kappa shape index (κ3) is 4.30. The Morgan fingerprint density at radius 3 is 2.36 bits per heavy atom. The lowest BCUT2D eigenvalue weighted by atomic mass is 9.98. The monoisotopic (exact) mass is 377 g/mol. The SMILES string of the molecule is CC(C)c1ccc([C@H](NC(=O)[C@H]2CCS(=O)(=O)C2)c2cccs2)cc1. The van der Waals surface area contributed by atoms with E-state index in [4.69, 9.17) is 0 Å². The zero-order valence-electron chi connectivity index (χ0n) is 14.4. The molecule has 0 unspecified atom stereocenters. The second-order valence-electron chi connectivity index (χ2n) is 6.88. The van der Waals surface area contributed by atoms with Crippen LogP contribution >= 0.6 is 11.3 Å². The van der Waals surface area contributed by atoms with E-state index in [-0.39, 0.29) is 23.5 Å². The molecule has 2 atom stereocenters. The molecule has 6 heteroatoms. The molecule has 0 bridgehead atoms. The Kier molecular flexibility index (Phi) is 5.29. The van der Waals surface area contributed by atoms with E-state index < -0.39 is 15.8 Å². The molecule has 1 aromatic carbocycles. The van der Waals surface area contributed by atoms with Gasteiger partial charge in [-0.2, -0.15) is 0 Å². The highest BCUT2D eigenvalue weighted by Gasteiger charge is 2.34. The molecule has 1 N–H and O–H groups in total. The second kappa shape index (κ2) is 7.30. The summed E-state index contributed by atoms with van der Waals surface area (Å²) in [7, 11) is -3.07. The lowest BCUT2D eigenvalue weighted by Gasteiger charge is -2.20. The van der Waals surface area contributed by atoms with Gasteiger partial charge in [-0.15, -0.1) is 11.3 Å². The van der Waals surface area contributed by atoms with Gasteiger partial charge < -0.3 is 5.32 Å². The first-order chi connectivity index (χ1) is 11.9. The van der Waals surface area contributed by atoms with Crippen molar-refractivity contribution in [2.45, 2.75) is 32.2 Å². The average molecular weight is 378 g/mol. The first kappa shape index (κ1) is 18.1. The second-order valence-corrected chi connectivity index (χ2v) is 10.1. The van der Waals surface area contributed by atoms with Crippen LogP contribution in [0.25, 0.3) is 0 Å². The van der Waals surface area contributed by atoms with Gasteiger partial charge in [0.15, 0.2) is 9.84 Å². The molecule has 1 aliphatic rings. The first-order valence-electron chi connectivity index (χ1n) is 8.50. The number of carbonyl (C=O) groups is 1. The van der Waals surface area contributed by atoms with Gasteiger partial charge in [-0.25, -0.2) is 8.42 Å². The molecule has 4 nitrogen and oxygen atoms in total. The fraction of sp³-hybridized carbons (Fsp3) is 0.421. The molecule has 25 heavy (non-hydrogen) atoms. The van der Waals surface area contributed by atoms with Crippen LogP contribution in [0, 0.1) is 5.92 Å². The summed E-state index contributed by atoms with van der Waals surface area (Å²) in [5.74, 6) is -0.0949. The molecule has 0 saturated carbocycles. The maximum absolute atomic E-state index is 12.6. The molecule has 1 aromatic heterocycles. The van der Waals surface area contributed by atoms with Crippen LogP contribution in [0.1, 0.15) is 48.2 Å². The smallest absolute Gasteiger partial charge is 0.224 e. The highest BCUT2D eigenvalue weighted by atomic mass is 32.2. The van der Waals surface area contributed by atoms with E-state index in [9.17, 15) is 13.2 Å². The number of rotatable bonds is 5. The number of carbonyl (C=O) groups excluding carboxylic acids is 1. The summed E-state index contributed by atoms with van der Waals surface area (Å²) in [4.78, 5) is 13.7. The fourth-order valence-electron chi connectivity index (χ4n) is 3.11. The number of nitrogens with one attached hydrogen (secondary N) is 1. The van der Waals surface area contributed by atoms with Crippen LogP contribution in [0.15, 0.2) is 41.8 Å². The minimum Gasteiger partial charge on any atom is -0.344 e. The van der Waals surface area contributed by atoms with Crippen LogP contribution in [-0.4, -0.2) is 25.8 Å². The van der Waals surface area contributed by atoms with Crippen LogP contribution in [0.5, 0.6) is 0 Å². The Morgan fingerprint density at radius 1 is 1.16 bits per heavy atom. The summed E-state index contributed by atoms with van der Waals surface area (Å²) >= 11 is 1.59. The molecular formula is C19H23NO3S2. The predicted molar refractivity (Wildman–Crippen MR) is 102 cm³/mol. The summed E-state index contributed by atoms with van der Waals surface area (Å²) in [5, 5.41) is 5.05. The molecule has 3 rings (SSSR count). The Balaban J connectivity index is 1.82. The van der Waals surface area contributed by atoms with Crippen molar-refractivity contribution in [3.63, 3.8) is 0 Å². The predicted octanol–water partition coefficient (Wildman–Crippen LogP) is 3.51. The number of benzene rings is 1. The third-order valence-electron chi connectivity index (χ3n) is 4.65. The summed E-state index contributed by atoms with van der Waals surface area (Å²) < 4.78 is 23.3. The van der Waals surface area contributed by atoms with Gasteiger partial charge in [-0.05, 0) is 34.9 Å². The lowest BCUT2D eigenvalue weighted by molar-refractivity contribution is -0.124. The Morgan fingerprint density at radius 2 is 1.84 bits per heavy atom. The Bertz CT molecular complexity index is 824. The van der Waals surface area contributed by atoms with E-state index in [0.29, 0.717) is 12.3 Å². The van der Waals surface area contributed by atoms with Gasteiger partial charge >= 0.3 is 0 Å². The number of hydrogen-bond acceptors (Lipinski definition) is 4. The van der Waals surface area contributed by atoms with Gasteiger partial charge in [0.1, 0.15) is 0 Å². The number of sulfone groups is 1. The fourth-order valence-corrected chi connectivity index (χ4v) is 5.65. The topological polar surface area (TPSA) is 63.2 Å². The van der Waals surface area contributed by atoms with Crippen molar-refractivity contribution in [2.24, 2.45) is 5.92 Å². The minimum absolute atomic E-state index is 0.0394. The summed E-state index contributed by atoms with van der Waals surface area (Å²) in [6.07, 6.45) is 0.414. The van der Waals surface area contributed by atoms with Gasteiger partial charge in [0.2, 0.25) is 5.91 Å². The van der Waals surface area contributed by atoms with Crippen molar-refractivity contribution in [1.29, 1.82) is 0 Å². The molecule has 2 aromatic rings. The Hall–Kier alpha value is -1.66. The molecule has 1 aliphatic heterocycles. The van der Waals surface area contributed by atoms with Crippen LogP contribution in [-0.2, 0) is 14.6 Å². The summed E-state index contributed by atoms with van der Waals surface area (Å²) in [5.41, 5.74) is 2.27. The minimum atomic E-state index is -3.07. The standard InChI is InChI=1S/C19H23NO3S2/c1-13(2)14-5-7-15(8-6-14)18(17-4-3-10-24-17)20-19(21)16-9-11-25(22,23)12-16/h3-8,10,13,16,18H,9,11-12H2,1-2H3,(H,20,21)/t16-,18-/m0/s1. The van der Waals surface area contributed by atoms with E-state index in [1.54, 1.807) is 11.3 Å². The van der Waals surface area contributed by atoms with Crippen molar-refractivity contribution < 1.29 is 13.2 Å². The van der Waals surface area contributed by atoms with Crippen LogP contribution < -0.4 is 5.32 Å². The molecule has 0 spiro atoms. The average Bonchev–Trinajstić information content (AvgIpc) is 3.22. The largest absolute Gasteiger partial charge is 0.344 e. The van der Waals surface area contributed by atoms with E-state index in [2.05, 4.69) is 31.3 Å². The van der Waals surface area contributed by atoms with Crippen LogP contribution in [0.4, 0.5) is 0 Å². The van der Waals surface area contributed by atoms with E-state index in [0.717, 1.165) is 10.4 Å². The van der Waals surface area contributed by atoms with Crippen LogP contribution in [0.2, 0.25) is 0 Å². The molecule has 2 heterocycles. The van der Waals surface area contributed by atoms with Crippen LogP contribution in [0.3, 0.4) is 0 Å². The van der Waals surface area contributed by atoms with Gasteiger partial charge in [0.05, 0.1) is 23.5 Å². The van der Waals surface area contributed by atoms with Crippen molar-refractivity contribution in [3.05, 3.63) is 57.8 Å². The van der Waals surface area contributed by atoms with Crippen molar-refractivity contribution in [3.8, 4) is 0 Å². The normalized spacial score (nSPS) is 20.5. The van der Waals surface area contributed by atoms with Gasteiger partial charge in [-0.1, -0.05) is 44.2 Å². The van der Waals surface area contributed by atoms with Crippen molar-refractivity contribution in [2.75, 3.05) is 11.5 Å². The summed E-state index contributed by atoms with van der Waals surface area (Å²) in [6.45, 7) is 4.29.